The smallest absolute Gasteiger partial charge is 0.400 e. The van der Waals surface area contributed by atoms with Crippen LogP contribution in [0.4, 0.5) is 5.82 Å². The van der Waals surface area contributed by atoms with E-state index in [0.717, 1.165) is 0 Å². The lowest BCUT2D eigenvalue weighted by Gasteiger charge is -2.15. The summed E-state index contributed by atoms with van der Waals surface area (Å²) < 4.78 is 13.9. The fraction of sp³-hybridized carbons (Fsp3) is 0.231. The Morgan fingerprint density at radius 2 is 2.05 bits per heavy atom. The van der Waals surface area contributed by atoms with Gasteiger partial charge >= 0.3 is 5.82 Å². The number of nitro groups is 1. The monoisotopic (exact) mass is 338 g/mol. The van der Waals surface area contributed by atoms with E-state index in [4.69, 9.17) is 16.9 Å². The van der Waals surface area contributed by atoms with Crippen LogP contribution in [0.2, 0.25) is 5.02 Å². The van der Waals surface area contributed by atoms with Crippen molar-refractivity contribution >= 4 is 28.6 Å². The predicted molar refractivity (Wildman–Crippen MR) is 80.9 cm³/mol. The summed E-state index contributed by atoms with van der Waals surface area (Å²) in [7, 11) is 1.49. The molecule has 2 unspecified atom stereocenters. The fourth-order valence-corrected chi connectivity index (χ4v) is 3.33. The van der Waals surface area contributed by atoms with Gasteiger partial charge in [0.25, 0.3) is 5.82 Å². The lowest BCUT2D eigenvalue weighted by molar-refractivity contribution is -0.389. The lowest BCUT2D eigenvalue weighted by atomic mass is 10.4. The Balaban J connectivity index is 2.41. The average Bonchev–Trinajstić information content (AvgIpc) is 2.83. The van der Waals surface area contributed by atoms with Gasteiger partial charge in [0.05, 0.1) is 0 Å². The SMILES string of the molecule is CC(c1nc([N+](=O)[O-])c(C#N)n1C)[S+]([O-])c1ccc(Cl)cc1. The van der Waals surface area contributed by atoms with Crippen LogP contribution in [0.3, 0.4) is 0 Å². The quantitative estimate of drug-likeness (QED) is 0.483. The maximum atomic E-state index is 12.5. The molecule has 0 saturated carbocycles. The van der Waals surface area contributed by atoms with Gasteiger partial charge in [-0.1, -0.05) is 11.6 Å². The van der Waals surface area contributed by atoms with E-state index in [-0.39, 0.29) is 11.5 Å². The fourth-order valence-electron chi connectivity index (χ4n) is 1.99. The molecule has 1 aromatic carbocycles. The van der Waals surface area contributed by atoms with E-state index in [2.05, 4.69) is 4.98 Å². The predicted octanol–water partition coefficient (Wildman–Crippen LogP) is 2.72. The second-order valence-corrected chi connectivity index (χ2v) is 6.67. The lowest BCUT2D eigenvalue weighted by Crippen LogP contribution is -2.15. The molecule has 0 radical (unpaired) electrons. The van der Waals surface area contributed by atoms with Crippen molar-refractivity contribution in [2.24, 2.45) is 7.05 Å². The van der Waals surface area contributed by atoms with E-state index in [1.807, 2.05) is 0 Å². The summed E-state index contributed by atoms with van der Waals surface area (Å²) in [6.45, 7) is 1.64. The first-order valence-corrected chi connectivity index (χ1v) is 7.73. The molecule has 0 N–H and O–H groups in total. The molecule has 22 heavy (non-hydrogen) atoms. The summed E-state index contributed by atoms with van der Waals surface area (Å²) >= 11 is 4.31. The third-order valence-electron chi connectivity index (χ3n) is 3.12. The molecular weight excluding hydrogens is 328 g/mol. The first kappa shape index (κ1) is 16.3. The number of hydrogen-bond acceptors (Lipinski definition) is 5. The normalized spacial score (nSPS) is 13.4. The molecule has 1 heterocycles. The molecule has 1 aromatic heterocycles. The number of nitriles is 1. The number of rotatable bonds is 4. The van der Waals surface area contributed by atoms with Crippen LogP contribution < -0.4 is 0 Å². The van der Waals surface area contributed by atoms with Crippen molar-refractivity contribution in [1.82, 2.24) is 9.55 Å². The first-order chi connectivity index (χ1) is 10.4. The summed E-state index contributed by atoms with van der Waals surface area (Å²) in [6, 6.07) is 8.22. The molecule has 2 aromatic rings. The minimum Gasteiger partial charge on any atom is -0.611 e. The maximum absolute atomic E-state index is 12.5. The van der Waals surface area contributed by atoms with Gasteiger partial charge in [-0.2, -0.15) is 5.26 Å². The average molecular weight is 339 g/mol. The van der Waals surface area contributed by atoms with Crippen LogP contribution in [0.15, 0.2) is 29.2 Å². The van der Waals surface area contributed by atoms with Crippen molar-refractivity contribution in [2.45, 2.75) is 17.1 Å². The number of nitrogens with zero attached hydrogens (tertiary/aromatic N) is 4. The highest BCUT2D eigenvalue weighted by Crippen LogP contribution is 2.31. The molecule has 0 amide bonds. The van der Waals surface area contributed by atoms with Gasteiger partial charge in [0, 0.05) is 12.1 Å². The Morgan fingerprint density at radius 3 is 2.50 bits per heavy atom. The molecule has 2 rings (SSSR count). The number of benzene rings is 1. The van der Waals surface area contributed by atoms with E-state index in [1.165, 1.54) is 11.6 Å². The topological polar surface area (TPSA) is 108 Å². The highest BCUT2D eigenvalue weighted by molar-refractivity contribution is 7.91. The Kier molecular flexibility index (Phi) is 4.71. The summed E-state index contributed by atoms with van der Waals surface area (Å²) in [5, 5.41) is 19.9. The van der Waals surface area contributed by atoms with E-state index >= 15 is 0 Å². The van der Waals surface area contributed by atoms with Crippen LogP contribution in [-0.2, 0) is 18.2 Å². The third kappa shape index (κ3) is 2.92. The molecule has 0 saturated heterocycles. The molecule has 2 atom stereocenters. The molecular formula is C13H11ClN4O3S. The van der Waals surface area contributed by atoms with Crippen molar-refractivity contribution < 1.29 is 9.48 Å². The Hall–Kier alpha value is -2.08. The van der Waals surface area contributed by atoms with Gasteiger partial charge in [-0.25, -0.2) is 0 Å². The van der Waals surface area contributed by atoms with Gasteiger partial charge in [0.15, 0.2) is 10.1 Å². The molecule has 0 aliphatic rings. The van der Waals surface area contributed by atoms with Gasteiger partial charge in [-0.05, 0) is 52.3 Å². The van der Waals surface area contributed by atoms with Crippen molar-refractivity contribution in [3.8, 4) is 6.07 Å². The van der Waals surface area contributed by atoms with Gasteiger partial charge < -0.3 is 14.7 Å². The molecule has 0 aliphatic heterocycles. The zero-order valence-electron chi connectivity index (χ0n) is 11.7. The standard InChI is InChI=1S/C13H11ClN4O3S/c1-8(22(21)10-5-3-9(14)4-6-10)12-16-13(18(19)20)11(7-15)17(12)2/h3-6,8H,1-2H3. The van der Waals surface area contributed by atoms with Gasteiger partial charge in [0.2, 0.25) is 5.69 Å². The van der Waals surface area contributed by atoms with Crippen molar-refractivity contribution in [3.05, 3.63) is 50.9 Å². The van der Waals surface area contributed by atoms with E-state index in [1.54, 1.807) is 37.3 Å². The van der Waals surface area contributed by atoms with Crippen molar-refractivity contribution in [2.75, 3.05) is 0 Å². The van der Waals surface area contributed by atoms with Crippen molar-refractivity contribution in [3.63, 3.8) is 0 Å². The second-order valence-electron chi connectivity index (χ2n) is 4.46. The van der Waals surface area contributed by atoms with Crippen LogP contribution in [0.1, 0.15) is 23.7 Å². The molecule has 0 spiro atoms. The molecule has 0 fully saturated rings. The number of halogens is 1. The Morgan fingerprint density at radius 1 is 1.45 bits per heavy atom. The first-order valence-electron chi connectivity index (χ1n) is 6.14. The van der Waals surface area contributed by atoms with Crippen LogP contribution in [0.5, 0.6) is 0 Å². The van der Waals surface area contributed by atoms with Crippen LogP contribution in [0.25, 0.3) is 0 Å². The number of imidazole rings is 1. The van der Waals surface area contributed by atoms with E-state index in [9.17, 15) is 14.7 Å². The molecule has 114 valence electrons. The highest BCUT2D eigenvalue weighted by atomic mass is 35.5. The van der Waals surface area contributed by atoms with Crippen molar-refractivity contribution in [1.29, 1.82) is 5.26 Å². The number of aromatic nitrogens is 2. The zero-order chi connectivity index (χ0) is 16.4. The van der Waals surface area contributed by atoms with Gasteiger partial charge in [-0.15, -0.1) is 0 Å². The van der Waals surface area contributed by atoms with Gasteiger partial charge in [0.1, 0.15) is 6.07 Å². The molecule has 9 heteroatoms. The summed E-state index contributed by atoms with van der Waals surface area (Å²) in [4.78, 5) is 14.6. The van der Waals surface area contributed by atoms with E-state index in [0.29, 0.717) is 9.92 Å². The summed E-state index contributed by atoms with van der Waals surface area (Å²) in [6.07, 6.45) is 0. The van der Waals surface area contributed by atoms with Crippen LogP contribution >= 0.6 is 11.6 Å². The molecule has 7 nitrogen and oxygen atoms in total. The largest absolute Gasteiger partial charge is 0.611 e. The van der Waals surface area contributed by atoms with Crippen LogP contribution in [0, 0.1) is 21.4 Å². The van der Waals surface area contributed by atoms with Gasteiger partial charge in [-0.3, -0.25) is 4.57 Å². The maximum Gasteiger partial charge on any atom is 0.400 e. The second kappa shape index (κ2) is 6.36. The highest BCUT2D eigenvalue weighted by Gasteiger charge is 2.35. The summed E-state index contributed by atoms with van der Waals surface area (Å²) in [5.74, 6) is -0.309. The zero-order valence-corrected chi connectivity index (χ0v) is 13.3. The van der Waals surface area contributed by atoms with E-state index < -0.39 is 27.2 Å². The minimum absolute atomic E-state index is 0.167. The third-order valence-corrected chi connectivity index (χ3v) is 4.96. The number of hydrogen-bond donors (Lipinski definition) is 0. The minimum atomic E-state index is -1.48. The Labute approximate surface area is 134 Å². The molecule has 0 aliphatic carbocycles. The Bertz CT molecular complexity index is 754. The van der Waals surface area contributed by atoms with Crippen LogP contribution in [-0.4, -0.2) is 19.0 Å². The summed E-state index contributed by atoms with van der Waals surface area (Å²) in [5.41, 5.74) is -0.167. The molecule has 0 bridgehead atoms.